The Balaban J connectivity index is 3.01. The number of hydrogen-bond acceptors (Lipinski definition) is 4. The molecular formula is C10H11F3N2O3. The molecule has 8 heteroatoms. The molecule has 0 heterocycles. The SMILES string of the molecule is COCCNc1ccc(C(F)(F)F)cc1[N+](=O)[O-]. The average Bonchev–Trinajstić information content (AvgIpc) is 2.28. The highest BCUT2D eigenvalue weighted by atomic mass is 19.4. The van der Waals surface area contributed by atoms with Crippen molar-refractivity contribution in [1.29, 1.82) is 0 Å². The molecule has 0 bridgehead atoms. The molecule has 0 aliphatic carbocycles. The molecule has 0 aliphatic heterocycles. The average molecular weight is 264 g/mol. The second-order valence-corrected chi connectivity index (χ2v) is 3.41. The van der Waals surface area contributed by atoms with Crippen LogP contribution in [0.15, 0.2) is 18.2 Å². The van der Waals surface area contributed by atoms with Gasteiger partial charge in [0, 0.05) is 19.7 Å². The van der Waals surface area contributed by atoms with E-state index in [1.165, 1.54) is 7.11 Å². The maximum Gasteiger partial charge on any atom is 0.416 e. The van der Waals surface area contributed by atoms with Crippen LogP contribution in [0.25, 0.3) is 0 Å². The third-order valence-electron chi connectivity index (χ3n) is 2.14. The predicted molar refractivity (Wildman–Crippen MR) is 58.5 cm³/mol. The number of alkyl halides is 3. The zero-order valence-electron chi connectivity index (χ0n) is 9.45. The fraction of sp³-hybridized carbons (Fsp3) is 0.400. The summed E-state index contributed by atoms with van der Waals surface area (Å²) in [4.78, 5) is 9.84. The van der Waals surface area contributed by atoms with Gasteiger partial charge < -0.3 is 10.1 Å². The van der Waals surface area contributed by atoms with Crippen LogP contribution >= 0.6 is 0 Å². The molecule has 18 heavy (non-hydrogen) atoms. The van der Waals surface area contributed by atoms with E-state index >= 15 is 0 Å². The van der Waals surface area contributed by atoms with Crippen molar-refractivity contribution >= 4 is 11.4 Å². The van der Waals surface area contributed by atoms with E-state index in [-0.39, 0.29) is 18.8 Å². The Hall–Kier alpha value is -1.83. The third-order valence-corrected chi connectivity index (χ3v) is 2.14. The van der Waals surface area contributed by atoms with Gasteiger partial charge in [0.15, 0.2) is 0 Å². The maximum atomic E-state index is 12.4. The summed E-state index contributed by atoms with van der Waals surface area (Å²) in [5.41, 5.74) is -1.63. The van der Waals surface area contributed by atoms with Gasteiger partial charge in [-0.15, -0.1) is 0 Å². The lowest BCUT2D eigenvalue weighted by Crippen LogP contribution is -2.11. The maximum absolute atomic E-state index is 12.4. The van der Waals surface area contributed by atoms with Crippen LogP contribution in [0.5, 0.6) is 0 Å². The summed E-state index contributed by atoms with van der Waals surface area (Å²) in [6.07, 6.45) is -4.60. The van der Waals surface area contributed by atoms with Crippen molar-refractivity contribution in [3.05, 3.63) is 33.9 Å². The Bertz CT molecular complexity index is 435. The Kier molecular flexibility index (Phi) is 4.49. The fourth-order valence-electron chi connectivity index (χ4n) is 1.30. The lowest BCUT2D eigenvalue weighted by Gasteiger charge is -2.10. The monoisotopic (exact) mass is 264 g/mol. The quantitative estimate of drug-likeness (QED) is 0.504. The summed E-state index contributed by atoms with van der Waals surface area (Å²) in [6.45, 7) is 0.556. The van der Waals surface area contributed by atoms with E-state index in [0.29, 0.717) is 6.07 Å². The minimum absolute atomic E-state index is 0.0325. The van der Waals surface area contributed by atoms with Gasteiger partial charge in [-0.1, -0.05) is 0 Å². The number of nitrogens with one attached hydrogen (secondary N) is 1. The van der Waals surface area contributed by atoms with Crippen molar-refractivity contribution in [3.8, 4) is 0 Å². The lowest BCUT2D eigenvalue weighted by molar-refractivity contribution is -0.384. The van der Waals surface area contributed by atoms with Crippen molar-refractivity contribution < 1.29 is 22.8 Å². The van der Waals surface area contributed by atoms with Crippen LogP contribution in [-0.2, 0) is 10.9 Å². The molecule has 0 amide bonds. The highest BCUT2D eigenvalue weighted by Crippen LogP contribution is 2.34. The molecule has 0 atom stereocenters. The molecule has 0 fully saturated rings. The first-order chi connectivity index (χ1) is 8.36. The zero-order chi connectivity index (χ0) is 13.8. The molecule has 1 aromatic carbocycles. The van der Waals surface area contributed by atoms with Gasteiger partial charge in [0.1, 0.15) is 5.69 Å². The molecule has 0 radical (unpaired) electrons. The molecule has 100 valence electrons. The molecule has 0 spiro atoms. The number of ether oxygens (including phenoxy) is 1. The molecular weight excluding hydrogens is 253 g/mol. The largest absolute Gasteiger partial charge is 0.416 e. The first kappa shape index (κ1) is 14.2. The minimum Gasteiger partial charge on any atom is -0.383 e. The van der Waals surface area contributed by atoms with Gasteiger partial charge in [0.2, 0.25) is 0 Å². The van der Waals surface area contributed by atoms with Crippen LogP contribution < -0.4 is 5.32 Å². The number of rotatable bonds is 5. The van der Waals surface area contributed by atoms with E-state index in [2.05, 4.69) is 5.32 Å². The van der Waals surface area contributed by atoms with Crippen LogP contribution in [-0.4, -0.2) is 25.2 Å². The van der Waals surface area contributed by atoms with Gasteiger partial charge in [-0.25, -0.2) is 0 Å². The summed E-state index contributed by atoms with van der Waals surface area (Å²) >= 11 is 0. The smallest absolute Gasteiger partial charge is 0.383 e. The molecule has 0 saturated carbocycles. The number of nitrogens with zero attached hydrogens (tertiary/aromatic N) is 1. The summed E-state index contributed by atoms with van der Waals surface area (Å²) in [7, 11) is 1.45. The number of nitro groups is 1. The van der Waals surface area contributed by atoms with Gasteiger partial charge in [0.25, 0.3) is 5.69 Å². The number of hydrogen-bond donors (Lipinski definition) is 1. The van der Waals surface area contributed by atoms with Crippen LogP contribution in [0.1, 0.15) is 5.56 Å². The summed E-state index contributed by atoms with van der Waals surface area (Å²) in [6, 6.07) is 2.34. The van der Waals surface area contributed by atoms with E-state index < -0.39 is 22.4 Å². The number of methoxy groups -OCH3 is 1. The molecule has 0 saturated heterocycles. The summed E-state index contributed by atoms with van der Waals surface area (Å²) in [5.74, 6) is 0. The van der Waals surface area contributed by atoms with Crippen LogP contribution in [0, 0.1) is 10.1 Å². The van der Waals surface area contributed by atoms with Crippen molar-refractivity contribution in [3.63, 3.8) is 0 Å². The Morgan fingerprint density at radius 1 is 1.44 bits per heavy atom. The number of benzene rings is 1. The second kappa shape index (κ2) is 5.67. The molecule has 0 aliphatic rings. The van der Waals surface area contributed by atoms with Crippen LogP contribution in [0.3, 0.4) is 0 Å². The Morgan fingerprint density at radius 3 is 2.61 bits per heavy atom. The van der Waals surface area contributed by atoms with Gasteiger partial charge >= 0.3 is 6.18 Å². The Morgan fingerprint density at radius 2 is 2.11 bits per heavy atom. The van der Waals surface area contributed by atoms with Crippen molar-refractivity contribution in [1.82, 2.24) is 0 Å². The second-order valence-electron chi connectivity index (χ2n) is 3.41. The third kappa shape index (κ3) is 3.59. The van der Waals surface area contributed by atoms with Crippen LogP contribution in [0.2, 0.25) is 0 Å². The van der Waals surface area contributed by atoms with E-state index in [1.807, 2.05) is 0 Å². The predicted octanol–water partition coefficient (Wildman–Crippen LogP) is 2.67. The highest BCUT2D eigenvalue weighted by Gasteiger charge is 2.32. The minimum atomic E-state index is -4.60. The lowest BCUT2D eigenvalue weighted by atomic mass is 10.1. The van der Waals surface area contributed by atoms with Crippen molar-refractivity contribution in [2.24, 2.45) is 0 Å². The standard InChI is InChI=1S/C10H11F3N2O3/c1-18-5-4-14-8-3-2-7(10(11,12)13)6-9(8)15(16)17/h2-3,6,14H,4-5H2,1H3. The zero-order valence-corrected chi connectivity index (χ0v) is 9.45. The molecule has 5 nitrogen and oxygen atoms in total. The number of anilines is 1. The van der Waals surface area contributed by atoms with Gasteiger partial charge in [-0.05, 0) is 12.1 Å². The summed E-state index contributed by atoms with van der Waals surface area (Å²) < 4.78 is 41.9. The molecule has 1 rings (SSSR count). The molecule has 1 aromatic rings. The summed E-state index contributed by atoms with van der Waals surface area (Å²) in [5, 5.41) is 13.3. The van der Waals surface area contributed by atoms with Crippen LogP contribution in [0.4, 0.5) is 24.5 Å². The van der Waals surface area contributed by atoms with E-state index in [1.54, 1.807) is 0 Å². The first-order valence-corrected chi connectivity index (χ1v) is 4.94. The molecule has 0 unspecified atom stereocenters. The normalized spacial score (nSPS) is 11.3. The van der Waals surface area contributed by atoms with Crippen molar-refractivity contribution in [2.45, 2.75) is 6.18 Å². The van der Waals surface area contributed by atoms with Gasteiger partial charge in [0.05, 0.1) is 17.1 Å². The first-order valence-electron chi connectivity index (χ1n) is 4.94. The topological polar surface area (TPSA) is 64.4 Å². The highest BCUT2D eigenvalue weighted by molar-refractivity contribution is 5.62. The Labute approximate surface area is 101 Å². The fourth-order valence-corrected chi connectivity index (χ4v) is 1.30. The number of halogens is 3. The van der Waals surface area contributed by atoms with E-state index in [4.69, 9.17) is 4.74 Å². The van der Waals surface area contributed by atoms with E-state index in [0.717, 1.165) is 12.1 Å². The van der Waals surface area contributed by atoms with Gasteiger partial charge in [-0.3, -0.25) is 10.1 Å². The van der Waals surface area contributed by atoms with Crippen molar-refractivity contribution in [2.75, 3.05) is 25.6 Å². The number of nitro benzene ring substituents is 1. The van der Waals surface area contributed by atoms with Gasteiger partial charge in [-0.2, -0.15) is 13.2 Å². The van der Waals surface area contributed by atoms with E-state index in [9.17, 15) is 23.3 Å². The molecule has 0 aromatic heterocycles. The molecule has 1 N–H and O–H groups in total.